The van der Waals surface area contributed by atoms with Crippen molar-refractivity contribution >= 4 is 21.7 Å². The summed E-state index contributed by atoms with van der Waals surface area (Å²) in [6.45, 7) is 10.3. The van der Waals surface area contributed by atoms with Gasteiger partial charge in [-0.15, -0.1) is 0 Å². The fourth-order valence-corrected chi connectivity index (χ4v) is 3.40. The van der Waals surface area contributed by atoms with Crippen LogP contribution in [0.25, 0.3) is 0 Å². The maximum atomic E-state index is 11.7. The number of rotatable bonds is 7. The van der Waals surface area contributed by atoms with Gasteiger partial charge < -0.3 is 0 Å². The molecule has 1 nitrogen and oxygen atoms in total. The first kappa shape index (κ1) is 17.4. The van der Waals surface area contributed by atoms with Crippen LogP contribution in [0.15, 0.2) is 36.0 Å². The van der Waals surface area contributed by atoms with Crippen molar-refractivity contribution in [2.45, 2.75) is 52.9 Å². The zero-order valence-electron chi connectivity index (χ0n) is 13.0. The molecule has 1 atom stereocenters. The Bertz CT molecular complexity index is 415. The Balaban J connectivity index is 2.86. The Morgan fingerprint density at radius 1 is 1.50 bits per heavy atom. The van der Waals surface area contributed by atoms with Crippen molar-refractivity contribution < 1.29 is 4.79 Å². The van der Waals surface area contributed by atoms with Crippen LogP contribution in [0, 0.1) is 11.3 Å². The van der Waals surface area contributed by atoms with Gasteiger partial charge in [-0.05, 0) is 50.0 Å². The molecule has 0 spiro atoms. The van der Waals surface area contributed by atoms with E-state index < -0.39 is 0 Å². The second-order valence-electron chi connectivity index (χ2n) is 6.23. The lowest BCUT2D eigenvalue weighted by Crippen LogP contribution is -2.30. The van der Waals surface area contributed by atoms with Crippen LogP contribution < -0.4 is 0 Å². The Labute approximate surface area is 132 Å². The third-order valence-corrected chi connectivity index (χ3v) is 5.06. The zero-order valence-corrected chi connectivity index (χ0v) is 14.6. The number of carbonyl (C=O) groups is 1. The third kappa shape index (κ3) is 4.44. The van der Waals surface area contributed by atoms with Gasteiger partial charge in [-0.25, -0.2) is 0 Å². The minimum absolute atomic E-state index is 0.0753. The molecule has 112 valence electrons. The molecule has 0 aromatic heterocycles. The van der Waals surface area contributed by atoms with Gasteiger partial charge in [0.05, 0.1) is 0 Å². The van der Waals surface area contributed by atoms with Crippen LogP contribution >= 0.6 is 15.9 Å². The van der Waals surface area contributed by atoms with E-state index in [1.807, 2.05) is 0 Å². The SMILES string of the molecule is C=CC(=O)CC1=C(C)CCC(/C=C\CCCBr)C1(C)C. The van der Waals surface area contributed by atoms with Crippen molar-refractivity contribution in [2.75, 3.05) is 5.33 Å². The zero-order chi connectivity index (χ0) is 15.2. The molecule has 1 aliphatic rings. The second-order valence-corrected chi connectivity index (χ2v) is 7.03. The number of hydrogen-bond donors (Lipinski definition) is 0. The maximum Gasteiger partial charge on any atom is 0.159 e. The number of ketones is 1. The predicted molar refractivity (Wildman–Crippen MR) is 91.2 cm³/mol. The topological polar surface area (TPSA) is 17.1 Å². The first-order valence-electron chi connectivity index (χ1n) is 7.50. The Morgan fingerprint density at radius 3 is 2.80 bits per heavy atom. The molecule has 0 amide bonds. The summed E-state index contributed by atoms with van der Waals surface area (Å²) in [6.07, 6.45) is 11.3. The highest BCUT2D eigenvalue weighted by Crippen LogP contribution is 2.46. The van der Waals surface area contributed by atoms with Gasteiger partial charge in [0.1, 0.15) is 0 Å². The first-order chi connectivity index (χ1) is 9.43. The minimum atomic E-state index is 0.0753. The van der Waals surface area contributed by atoms with Crippen LogP contribution in [0.1, 0.15) is 52.9 Å². The molecule has 0 bridgehead atoms. The monoisotopic (exact) mass is 338 g/mol. The number of allylic oxidation sites excluding steroid dienone is 5. The number of hydrogen-bond acceptors (Lipinski definition) is 1. The van der Waals surface area contributed by atoms with E-state index in [0.717, 1.165) is 18.2 Å². The Morgan fingerprint density at radius 2 is 2.20 bits per heavy atom. The highest BCUT2D eigenvalue weighted by Gasteiger charge is 2.36. The highest BCUT2D eigenvalue weighted by molar-refractivity contribution is 9.09. The summed E-state index contributed by atoms with van der Waals surface area (Å²) in [5.41, 5.74) is 2.80. The van der Waals surface area contributed by atoms with Crippen LogP contribution in [0.4, 0.5) is 0 Å². The second kappa shape index (κ2) is 7.97. The number of alkyl halides is 1. The van der Waals surface area contributed by atoms with Crippen LogP contribution in [0.5, 0.6) is 0 Å². The largest absolute Gasteiger partial charge is 0.295 e. The summed E-state index contributed by atoms with van der Waals surface area (Å²) < 4.78 is 0. The van der Waals surface area contributed by atoms with E-state index in [-0.39, 0.29) is 11.2 Å². The van der Waals surface area contributed by atoms with E-state index in [0.29, 0.717) is 12.3 Å². The van der Waals surface area contributed by atoms with Gasteiger partial charge in [0, 0.05) is 11.8 Å². The van der Waals surface area contributed by atoms with Crippen molar-refractivity contribution in [3.63, 3.8) is 0 Å². The molecule has 1 aliphatic carbocycles. The summed E-state index contributed by atoms with van der Waals surface area (Å²) in [4.78, 5) is 11.7. The van der Waals surface area contributed by atoms with Gasteiger partial charge in [0.25, 0.3) is 0 Å². The van der Waals surface area contributed by atoms with Gasteiger partial charge in [-0.1, -0.05) is 59.7 Å². The van der Waals surface area contributed by atoms with E-state index >= 15 is 0 Å². The van der Waals surface area contributed by atoms with Crippen molar-refractivity contribution in [1.29, 1.82) is 0 Å². The van der Waals surface area contributed by atoms with E-state index in [1.54, 1.807) is 0 Å². The molecule has 0 aromatic carbocycles. The standard InChI is InChI=1S/C18H27BrO/c1-5-16(20)13-17-14(2)10-11-15(18(17,3)4)9-7-6-8-12-19/h5,7,9,15H,1,6,8,10-13H2,2-4H3/b9-7-. The molecule has 0 saturated carbocycles. The quantitative estimate of drug-likeness (QED) is 0.255. The maximum absolute atomic E-state index is 11.7. The normalized spacial score (nSPS) is 22.3. The van der Waals surface area contributed by atoms with Crippen LogP contribution in [-0.2, 0) is 4.79 Å². The van der Waals surface area contributed by atoms with Gasteiger partial charge in [0.15, 0.2) is 5.78 Å². The van der Waals surface area contributed by atoms with E-state index in [1.165, 1.54) is 30.1 Å². The summed E-state index contributed by atoms with van der Waals surface area (Å²) in [5, 5.41) is 1.06. The summed E-state index contributed by atoms with van der Waals surface area (Å²) >= 11 is 3.46. The van der Waals surface area contributed by atoms with E-state index in [4.69, 9.17) is 0 Å². The van der Waals surface area contributed by atoms with Crippen LogP contribution in [0.2, 0.25) is 0 Å². The smallest absolute Gasteiger partial charge is 0.159 e. The molecular weight excluding hydrogens is 312 g/mol. The molecule has 0 aliphatic heterocycles. The summed E-state index contributed by atoms with van der Waals surface area (Å²) in [5.74, 6) is 0.672. The van der Waals surface area contributed by atoms with E-state index in [9.17, 15) is 4.79 Å². The lowest BCUT2D eigenvalue weighted by molar-refractivity contribution is -0.114. The van der Waals surface area contributed by atoms with Gasteiger partial charge in [-0.3, -0.25) is 4.79 Å². The molecule has 0 heterocycles. The average molecular weight is 339 g/mol. The number of carbonyl (C=O) groups excluding carboxylic acids is 1. The summed E-state index contributed by atoms with van der Waals surface area (Å²) in [7, 11) is 0. The van der Waals surface area contributed by atoms with Crippen LogP contribution in [-0.4, -0.2) is 11.1 Å². The van der Waals surface area contributed by atoms with Crippen molar-refractivity contribution in [3.8, 4) is 0 Å². The van der Waals surface area contributed by atoms with Crippen molar-refractivity contribution in [3.05, 3.63) is 36.0 Å². The fourth-order valence-electron chi connectivity index (χ4n) is 3.07. The van der Waals surface area contributed by atoms with Crippen molar-refractivity contribution in [1.82, 2.24) is 0 Å². The molecule has 2 heteroatoms. The molecule has 1 unspecified atom stereocenters. The third-order valence-electron chi connectivity index (χ3n) is 4.50. The van der Waals surface area contributed by atoms with Gasteiger partial charge >= 0.3 is 0 Å². The van der Waals surface area contributed by atoms with E-state index in [2.05, 4.69) is 55.4 Å². The van der Waals surface area contributed by atoms with Crippen molar-refractivity contribution in [2.24, 2.45) is 11.3 Å². The summed E-state index contributed by atoms with van der Waals surface area (Å²) in [6, 6.07) is 0. The fraction of sp³-hybridized carbons (Fsp3) is 0.611. The molecule has 0 aromatic rings. The molecular formula is C18H27BrO. The molecule has 0 saturated heterocycles. The molecule has 0 radical (unpaired) electrons. The molecule has 1 rings (SSSR count). The Hall–Kier alpha value is -0.630. The van der Waals surface area contributed by atoms with Gasteiger partial charge in [-0.2, -0.15) is 0 Å². The molecule has 0 fully saturated rings. The average Bonchev–Trinajstić information content (AvgIpc) is 2.41. The highest BCUT2D eigenvalue weighted by atomic mass is 79.9. The number of halogens is 1. The lowest BCUT2D eigenvalue weighted by Gasteiger charge is -2.40. The lowest BCUT2D eigenvalue weighted by atomic mass is 9.64. The van der Waals surface area contributed by atoms with Gasteiger partial charge in [0.2, 0.25) is 0 Å². The Kier molecular flexibility index (Phi) is 6.94. The van der Waals surface area contributed by atoms with Crippen LogP contribution in [0.3, 0.4) is 0 Å². The number of unbranched alkanes of at least 4 members (excludes halogenated alkanes) is 1. The molecule has 20 heavy (non-hydrogen) atoms. The first-order valence-corrected chi connectivity index (χ1v) is 8.62. The predicted octanol–water partition coefficient (Wildman–Crippen LogP) is 5.62. The minimum Gasteiger partial charge on any atom is -0.295 e. The molecule has 0 N–H and O–H groups in total.